The van der Waals surface area contributed by atoms with Crippen LogP contribution in [0.25, 0.3) is 0 Å². The third kappa shape index (κ3) is 3.31. The second-order valence-corrected chi connectivity index (χ2v) is 5.49. The molecule has 1 aliphatic rings. The van der Waals surface area contributed by atoms with E-state index in [2.05, 4.69) is 28.2 Å². The van der Waals surface area contributed by atoms with Crippen LogP contribution in [0.4, 0.5) is 0 Å². The molecule has 0 aromatic carbocycles. The van der Waals surface area contributed by atoms with Gasteiger partial charge in [0.1, 0.15) is 5.76 Å². The van der Waals surface area contributed by atoms with Gasteiger partial charge in [-0.2, -0.15) is 0 Å². The molecule has 4 nitrogen and oxygen atoms in total. The van der Waals surface area contributed by atoms with Gasteiger partial charge in [0.15, 0.2) is 4.67 Å². The summed E-state index contributed by atoms with van der Waals surface area (Å²) in [6.45, 7) is 4.31. The molecule has 0 aliphatic carbocycles. The van der Waals surface area contributed by atoms with Gasteiger partial charge in [0, 0.05) is 19.7 Å². The standard InChI is InChI=1S/C12H19BrN2O2/c1-12(5-2-6-16-12)8-15-9(7-14)10-3-4-11(13)17-10/h3-4,9,15H,2,5-8,14H2,1H3. The number of rotatable bonds is 5. The summed E-state index contributed by atoms with van der Waals surface area (Å²) in [5.74, 6) is 0.862. The number of hydrogen-bond donors (Lipinski definition) is 2. The Morgan fingerprint density at radius 3 is 2.94 bits per heavy atom. The van der Waals surface area contributed by atoms with Gasteiger partial charge in [-0.1, -0.05) is 0 Å². The first-order valence-corrected chi connectivity index (χ1v) is 6.75. The van der Waals surface area contributed by atoms with Crippen LogP contribution < -0.4 is 11.1 Å². The molecule has 1 aliphatic heterocycles. The summed E-state index contributed by atoms with van der Waals surface area (Å²) in [5.41, 5.74) is 5.71. The van der Waals surface area contributed by atoms with Crippen molar-refractivity contribution in [2.45, 2.75) is 31.4 Å². The molecule has 1 aromatic heterocycles. The molecule has 2 unspecified atom stereocenters. The Balaban J connectivity index is 1.91. The van der Waals surface area contributed by atoms with Crippen LogP contribution in [-0.2, 0) is 4.74 Å². The first kappa shape index (κ1) is 13.1. The first-order valence-electron chi connectivity index (χ1n) is 5.96. The van der Waals surface area contributed by atoms with Gasteiger partial charge in [-0.15, -0.1) is 0 Å². The zero-order valence-electron chi connectivity index (χ0n) is 10.0. The fourth-order valence-electron chi connectivity index (χ4n) is 2.13. The topological polar surface area (TPSA) is 60.4 Å². The predicted octanol–water partition coefficient (Wildman–Crippen LogP) is 2.20. The molecule has 3 N–H and O–H groups in total. The molecule has 0 spiro atoms. The van der Waals surface area contributed by atoms with Crippen LogP contribution in [0.1, 0.15) is 31.6 Å². The number of ether oxygens (including phenoxy) is 1. The van der Waals surface area contributed by atoms with Crippen molar-refractivity contribution in [1.29, 1.82) is 0 Å². The molecular weight excluding hydrogens is 284 g/mol. The van der Waals surface area contributed by atoms with Crippen molar-refractivity contribution in [1.82, 2.24) is 5.32 Å². The van der Waals surface area contributed by atoms with Crippen LogP contribution in [-0.4, -0.2) is 25.3 Å². The SMILES string of the molecule is CC1(CNC(CN)c2ccc(Br)o2)CCCO1. The second-order valence-electron chi connectivity index (χ2n) is 4.71. The lowest BCUT2D eigenvalue weighted by Gasteiger charge is -2.26. The number of nitrogens with two attached hydrogens (primary N) is 1. The third-order valence-corrected chi connectivity index (χ3v) is 3.62. The number of furan rings is 1. The average Bonchev–Trinajstić information content (AvgIpc) is 2.90. The van der Waals surface area contributed by atoms with Crippen LogP contribution in [0.15, 0.2) is 21.2 Å². The smallest absolute Gasteiger partial charge is 0.169 e. The summed E-state index contributed by atoms with van der Waals surface area (Å²) in [6.07, 6.45) is 2.23. The Labute approximate surface area is 110 Å². The molecule has 0 amide bonds. The van der Waals surface area contributed by atoms with E-state index >= 15 is 0 Å². The Bertz CT molecular complexity index is 361. The van der Waals surface area contributed by atoms with Crippen molar-refractivity contribution < 1.29 is 9.15 Å². The van der Waals surface area contributed by atoms with Crippen molar-refractivity contribution in [3.05, 3.63) is 22.6 Å². The van der Waals surface area contributed by atoms with E-state index in [1.54, 1.807) is 0 Å². The maximum absolute atomic E-state index is 5.76. The molecule has 0 radical (unpaired) electrons. The summed E-state index contributed by atoms with van der Waals surface area (Å²) >= 11 is 3.30. The maximum Gasteiger partial charge on any atom is 0.169 e. The molecular formula is C12H19BrN2O2. The highest BCUT2D eigenvalue weighted by atomic mass is 79.9. The molecule has 17 heavy (non-hydrogen) atoms. The molecule has 1 saturated heterocycles. The van der Waals surface area contributed by atoms with Crippen molar-refractivity contribution in [2.24, 2.45) is 5.73 Å². The maximum atomic E-state index is 5.76. The number of halogens is 1. The lowest BCUT2D eigenvalue weighted by atomic mass is 10.0. The summed E-state index contributed by atoms with van der Waals surface area (Å²) < 4.78 is 12.0. The minimum atomic E-state index is -0.0583. The lowest BCUT2D eigenvalue weighted by molar-refractivity contribution is 0.0184. The van der Waals surface area contributed by atoms with E-state index in [0.717, 1.165) is 36.4 Å². The average molecular weight is 303 g/mol. The highest BCUT2D eigenvalue weighted by Gasteiger charge is 2.30. The van der Waals surface area contributed by atoms with Crippen LogP contribution >= 0.6 is 15.9 Å². The minimum absolute atomic E-state index is 0.0438. The van der Waals surface area contributed by atoms with E-state index in [0.29, 0.717) is 6.54 Å². The Kier molecular flexibility index (Phi) is 4.25. The zero-order chi connectivity index (χ0) is 12.3. The molecule has 1 aromatic rings. The first-order chi connectivity index (χ1) is 8.13. The van der Waals surface area contributed by atoms with Crippen molar-refractivity contribution in [2.75, 3.05) is 19.7 Å². The Morgan fingerprint density at radius 1 is 1.59 bits per heavy atom. The van der Waals surface area contributed by atoms with Gasteiger partial charge in [0.25, 0.3) is 0 Å². The van der Waals surface area contributed by atoms with E-state index in [-0.39, 0.29) is 11.6 Å². The highest BCUT2D eigenvalue weighted by molar-refractivity contribution is 9.10. The minimum Gasteiger partial charge on any atom is -0.453 e. The number of hydrogen-bond acceptors (Lipinski definition) is 4. The molecule has 5 heteroatoms. The van der Waals surface area contributed by atoms with Crippen LogP contribution in [0.5, 0.6) is 0 Å². The van der Waals surface area contributed by atoms with Crippen molar-refractivity contribution >= 4 is 15.9 Å². The zero-order valence-corrected chi connectivity index (χ0v) is 11.6. The predicted molar refractivity (Wildman–Crippen MR) is 69.8 cm³/mol. The van der Waals surface area contributed by atoms with E-state index < -0.39 is 0 Å². The van der Waals surface area contributed by atoms with Gasteiger partial charge in [0.2, 0.25) is 0 Å². The van der Waals surface area contributed by atoms with Gasteiger partial charge >= 0.3 is 0 Å². The van der Waals surface area contributed by atoms with E-state index in [1.807, 2.05) is 12.1 Å². The summed E-state index contributed by atoms with van der Waals surface area (Å²) in [5, 5.41) is 3.42. The second kappa shape index (κ2) is 5.52. The van der Waals surface area contributed by atoms with Gasteiger partial charge in [0.05, 0.1) is 11.6 Å². The van der Waals surface area contributed by atoms with Gasteiger partial charge in [-0.05, 0) is 47.8 Å². The fourth-order valence-corrected chi connectivity index (χ4v) is 2.45. The molecule has 2 rings (SSSR count). The van der Waals surface area contributed by atoms with E-state index in [4.69, 9.17) is 14.9 Å². The van der Waals surface area contributed by atoms with E-state index in [1.165, 1.54) is 0 Å². The molecule has 96 valence electrons. The van der Waals surface area contributed by atoms with Crippen LogP contribution in [0.2, 0.25) is 0 Å². The summed E-state index contributed by atoms with van der Waals surface area (Å²) in [6, 6.07) is 3.86. The van der Waals surface area contributed by atoms with Crippen molar-refractivity contribution in [3.8, 4) is 0 Å². The lowest BCUT2D eigenvalue weighted by Crippen LogP contribution is -2.40. The Morgan fingerprint density at radius 2 is 2.41 bits per heavy atom. The molecule has 1 fully saturated rings. The number of nitrogens with one attached hydrogen (secondary N) is 1. The van der Waals surface area contributed by atoms with Crippen LogP contribution in [0.3, 0.4) is 0 Å². The fraction of sp³-hybridized carbons (Fsp3) is 0.667. The molecule has 2 atom stereocenters. The molecule has 0 saturated carbocycles. The molecule has 2 heterocycles. The van der Waals surface area contributed by atoms with Gasteiger partial charge < -0.3 is 20.2 Å². The largest absolute Gasteiger partial charge is 0.453 e. The summed E-state index contributed by atoms with van der Waals surface area (Å²) in [7, 11) is 0. The summed E-state index contributed by atoms with van der Waals surface area (Å²) in [4.78, 5) is 0. The normalized spacial score (nSPS) is 26.3. The van der Waals surface area contributed by atoms with Crippen molar-refractivity contribution in [3.63, 3.8) is 0 Å². The van der Waals surface area contributed by atoms with Gasteiger partial charge in [-0.3, -0.25) is 0 Å². The molecule has 0 bridgehead atoms. The van der Waals surface area contributed by atoms with E-state index in [9.17, 15) is 0 Å². The quantitative estimate of drug-likeness (QED) is 0.875. The monoisotopic (exact) mass is 302 g/mol. The Hall–Kier alpha value is -0.360. The van der Waals surface area contributed by atoms with Gasteiger partial charge in [-0.25, -0.2) is 0 Å². The van der Waals surface area contributed by atoms with Crippen LogP contribution in [0, 0.1) is 0 Å². The highest BCUT2D eigenvalue weighted by Crippen LogP contribution is 2.26. The third-order valence-electron chi connectivity index (χ3n) is 3.20.